The number of nitrogens with zero attached hydrogens (tertiary/aromatic N) is 1. The molecule has 0 N–H and O–H groups in total. The summed E-state index contributed by atoms with van der Waals surface area (Å²) in [5, 5.41) is 10.3. The minimum atomic E-state index is -0.461. The van der Waals surface area contributed by atoms with Gasteiger partial charge in [0.1, 0.15) is 5.78 Å². The monoisotopic (exact) mass is 297 g/mol. The molecular weight excluding hydrogens is 266 g/mol. The van der Waals surface area contributed by atoms with E-state index >= 15 is 0 Å². The maximum atomic E-state index is 10.7. The number of rotatable bonds is 4. The number of Topliss-reactive ketones (excluding diaryl/α,β-unsaturated/α-hetero) is 1. The Morgan fingerprint density at radius 2 is 1.38 bits per heavy atom. The van der Waals surface area contributed by atoms with E-state index in [1.165, 1.54) is 31.9 Å². The highest BCUT2D eigenvalue weighted by Crippen LogP contribution is 2.12. The topological polar surface area (TPSA) is 60.2 Å². The van der Waals surface area contributed by atoms with Crippen LogP contribution in [-0.2, 0) is 11.2 Å². The molecule has 0 aliphatic carbocycles. The van der Waals surface area contributed by atoms with E-state index in [4.69, 9.17) is 0 Å². The van der Waals surface area contributed by atoms with E-state index < -0.39 is 4.92 Å². The predicted octanol–water partition coefficient (Wildman–Crippen LogP) is 5.59. The third kappa shape index (κ3) is 16.2. The van der Waals surface area contributed by atoms with Crippen molar-refractivity contribution in [1.82, 2.24) is 0 Å². The summed E-state index contributed by atoms with van der Waals surface area (Å²) in [4.78, 5) is 20.5. The summed E-state index contributed by atoms with van der Waals surface area (Å²) in [6.45, 7) is 13.8. The first-order valence-corrected chi connectivity index (χ1v) is 7.74. The molecule has 0 atom stereocenters. The van der Waals surface area contributed by atoms with Gasteiger partial charge in [-0.05, 0) is 12.5 Å². The van der Waals surface area contributed by atoms with Crippen molar-refractivity contribution >= 4 is 11.5 Å². The second-order valence-electron chi connectivity index (χ2n) is 3.80. The highest BCUT2D eigenvalue weighted by Gasteiger charge is 2.04. The summed E-state index contributed by atoms with van der Waals surface area (Å²) >= 11 is 0. The second-order valence-corrected chi connectivity index (χ2v) is 3.80. The molecule has 1 aromatic carbocycles. The zero-order valence-electron chi connectivity index (χ0n) is 14.6. The van der Waals surface area contributed by atoms with Crippen molar-refractivity contribution in [1.29, 1.82) is 0 Å². The molecule has 122 valence electrons. The zero-order valence-corrected chi connectivity index (χ0v) is 14.6. The number of nitro benzene ring substituents is 1. The Kier molecular flexibility index (Phi) is 21.2. The molecule has 4 heteroatoms. The maximum Gasteiger partial charge on any atom is 0.269 e. The van der Waals surface area contributed by atoms with Crippen LogP contribution in [0.5, 0.6) is 0 Å². The molecule has 0 aromatic heterocycles. The normalized spacial score (nSPS) is 7.95. The molecule has 0 bridgehead atoms. The standard InChI is InChI=1S/C9H9NO3.C4H10.2C2H6/c1-7(11)6-8-2-4-9(5-3-8)10(12)13;1-3-4-2;2*1-2/h2-5H,6H2,1H3;3-4H2,1-2H3;2*1-2H3. The van der Waals surface area contributed by atoms with Crippen LogP contribution in [0, 0.1) is 10.1 Å². The van der Waals surface area contributed by atoms with E-state index in [1.807, 2.05) is 27.7 Å². The molecule has 0 unspecified atom stereocenters. The van der Waals surface area contributed by atoms with Gasteiger partial charge in [-0.15, -0.1) is 0 Å². The molecule has 0 aliphatic rings. The van der Waals surface area contributed by atoms with Gasteiger partial charge in [-0.25, -0.2) is 0 Å². The fraction of sp³-hybridized carbons (Fsp3) is 0.588. The van der Waals surface area contributed by atoms with E-state index in [9.17, 15) is 14.9 Å². The Morgan fingerprint density at radius 3 is 1.62 bits per heavy atom. The number of unbranched alkanes of at least 4 members (excludes halogenated alkanes) is 1. The molecule has 0 saturated heterocycles. The average Bonchev–Trinajstić information content (AvgIpc) is 2.51. The van der Waals surface area contributed by atoms with Gasteiger partial charge < -0.3 is 0 Å². The van der Waals surface area contributed by atoms with Gasteiger partial charge in [0.2, 0.25) is 0 Å². The number of carbonyl (C=O) groups excluding carboxylic acids is 1. The molecule has 21 heavy (non-hydrogen) atoms. The van der Waals surface area contributed by atoms with Crippen molar-refractivity contribution in [2.24, 2.45) is 0 Å². The summed E-state index contributed by atoms with van der Waals surface area (Å²) < 4.78 is 0. The van der Waals surface area contributed by atoms with Gasteiger partial charge in [0.15, 0.2) is 0 Å². The fourth-order valence-corrected chi connectivity index (χ4v) is 1.02. The third-order valence-corrected chi connectivity index (χ3v) is 2.10. The van der Waals surface area contributed by atoms with Crippen molar-refractivity contribution in [3.05, 3.63) is 39.9 Å². The molecule has 0 amide bonds. The fourth-order valence-electron chi connectivity index (χ4n) is 1.02. The Morgan fingerprint density at radius 1 is 1.00 bits per heavy atom. The number of hydrogen-bond donors (Lipinski definition) is 0. The lowest BCUT2D eigenvalue weighted by Gasteiger charge is -1.96. The summed E-state index contributed by atoms with van der Waals surface area (Å²) in [6, 6.07) is 6.00. The van der Waals surface area contributed by atoms with Crippen molar-refractivity contribution < 1.29 is 9.72 Å². The van der Waals surface area contributed by atoms with Crippen LogP contribution >= 0.6 is 0 Å². The molecular formula is C17H31NO3. The summed E-state index contributed by atoms with van der Waals surface area (Å²) in [5.74, 6) is 0.0499. The minimum absolute atomic E-state index is 0.0484. The van der Waals surface area contributed by atoms with Crippen LogP contribution in [-0.4, -0.2) is 10.7 Å². The molecule has 0 heterocycles. The van der Waals surface area contributed by atoms with Gasteiger partial charge in [-0.2, -0.15) is 0 Å². The number of ketones is 1. The molecule has 1 rings (SSSR count). The summed E-state index contributed by atoms with van der Waals surface area (Å²) in [6.07, 6.45) is 2.97. The van der Waals surface area contributed by atoms with Gasteiger partial charge in [0, 0.05) is 18.6 Å². The van der Waals surface area contributed by atoms with Crippen LogP contribution in [0.15, 0.2) is 24.3 Å². The van der Waals surface area contributed by atoms with Crippen molar-refractivity contribution in [2.45, 2.75) is 67.7 Å². The van der Waals surface area contributed by atoms with Crippen molar-refractivity contribution in [3.63, 3.8) is 0 Å². The Bertz CT molecular complexity index is 357. The number of hydrogen-bond acceptors (Lipinski definition) is 3. The van der Waals surface area contributed by atoms with Crippen molar-refractivity contribution in [2.75, 3.05) is 0 Å². The molecule has 4 nitrogen and oxygen atoms in total. The molecule has 0 saturated carbocycles. The zero-order chi connectivity index (χ0) is 17.3. The second kappa shape index (κ2) is 18.3. The van der Waals surface area contributed by atoms with Crippen molar-refractivity contribution in [3.8, 4) is 0 Å². The largest absolute Gasteiger partial charge is 0.300 e. The van der Waals surface area contributed by atoms with Crippen LogP contribution in [0.25, 0.3) is 0 Å². The highest BCUT2D eigenvalue weighted by atomic mass is 16.6. The van der Waals surface area contributed by atoms with Crippen LogP contribution in [0.2, 0.25) is 0 Å². The number of nitro groups is 1. The third-order valence-electron chi connectivity index (χ3n) is 2.10. The molecule has 1 aromatic rings. The van der Waals surface area contributed by atoms with E-state index in [-0.39, 0.29) is 11.5 Å². The first-order chi connectivity index (χ1) is 10.0. The smallest absolute Gasteiger partial charge is 0.269 e. The van der Waals surface area contributed by atoms with Crippen LogP contribution in [0.3, 0.4) is 0 Å². The first-order valence-electron chi connectivity index (χ1n) is 7.74. The number of benzene rings is 1. The van der Waals surface area contributed by atoms with Crippen LogP contribution in [0.1, 0.15) is 66.9 Å². The number of carbonyl (C=O) groups is 1. The minimum Gasteiger partial charge on any atom is -0.300 e. The SMILES string of the molecule is CC.CC.CC(=O)Cc1ccc([N+](=O)[O-])cc1.CCCC. The Labute approximate surface area is 129 Å². The van der Waals surface area contributed by atoms with E-state index in [0.29, 0.717) is 6.42 Å². The summed E-state index contributed by atoms with van der Waals surface area (Å²) in [7, 11) is 0. The van der Waals surface area contributed by atoms with Gasteiger partial charge >= 0.3 is 0 Å². The lowest BCUT2D eigenvalue weighted by molar-refractivity contribution is -0.384. The Balaban J connectivity index is -0.000000343. The lowest BCUT2D eigenvalue weighted by atomic mass is 10.1. The summed E-state index contributed by atoms with van der Waals surface area (Å²) in [5.41, 5.74) is 0.852. The van der Waals surface area contributed by atoms with Gasteiger partial charge in [0.05, 0.1) is 4.92 Å². The van der Waals surface area contributed by atoms with E-state index in [1.54, 1.807) is 12.1 Å². The quantitative estimate of drug-likeness (QED) is 0.538. The van der Waals surface area contributed by atoms with E-state index in [0.717, 1.165) is 5.56 Å². The van der Waals surface area contributed by atoms with Crippen LogP contribution < -0.4 is 0 Å². The predicted molar refractivity (Wildman–Crippen MR) is 90.8 cm³/mol. The maximum absolute atomic E-state index is 10.7. The van der Waals surface area contributed by atoms with Gasteiger partial charge in [0.25, 0.3) is 5.69 Å². The average molecular weight is 297 g/mol. The molecule has 0 spiro atoms. The molecule has 0 fully saturated rings. The van der Waals surface area contributed by atoms with Gasteiger partial charge in [-0.1, -0.05) is 66.5 Å². The first kappa shape index (κ1) is 24.3. The van der Waals surface area contributed by atoms with Gasteiger partial charge in [-0.3, -0.25) is 14.9 Å². The van der Waals surface area contributed by atoms with Crippen LogP contribution in [0.4, 0.5) is 5.69 Å². The molecule has 0 aliphatic heterocycles. The number of non-ortho nitro benzene ring substituents is 1. The highest BCUT2D eigenvalue weighted by molar-refractivity contribution is 5.78. The Hall–Kier alpha value is -1.71. The van der Waals surface area contributed by atoms with E-state index in [2.05, 4.69) is 13.8 Å². The lowest BCUT2D eigenvalue weighted by Crippen LogP contribution is -1.96. The molecule has 0 radical (unpaired) electrons.